The molecule has 19 heavy (non-hydrogen) atoms. The molecule has 2 aromatic carbocycles. The maximum atomic E-state index is 10.5. The van der Waals surface area contributed by atoms with Crippen molar-refractivity contribution in [2.75, 3.05) is 0 Å². The minimum atomic E-state index is 0.0776. The Morgan fingerprint density at radius 1 is 0.895 bits per heavy atom. The first-order valence-corrected chi connectivity index (χ1v) is 6.13. The maximum Gasteiger partial charge on any atom is 0.152 e. The quantitative estimate of drug-likeness (QED) is 0.726. The van der Waals surface area contributed by atoms with E-state index in [0.717, 1.165) is 5.56 Å². The van der Waals surface area contributed by atoms with E-state index >= 15 is 0 Å². The third kappa shape index (κ3) is 6.79. The van der Waals surface area contributed by atoms with Crippen molar-refractivity contribution in [2.24, 2.45) is 0 Å². The van der Waals surface area contributed by atoms with Crippen LogP contribution in [0, 0.1) is 0 Å². The van der Waals surface area contributed by atoms with Crippen molar-refractivity contribution in [1.29, 1.82) is 0 Å². The second-order valence-electron chi connectivity index (χ2n) is 3.97. The smallest absolute Gasteiger partial charge is 0.152 e. The van der Waals surface area contributed by atoms with Crippen molar-refractivity contribution in [3.8, 4) is 0 Å². The molecule has 0 bridgehead atoms. The summed E-state index contributed by atoms with van der Waals surface area (Å²) in [6, 6.07) is 19.8. The first kappa shape index (κ1) is 14.7. The molecule has 96 valence electrons. The van der Waals surface area contributed by atoms with Gasteiger partial charge in [-0.05, 0) is 24.1 Å². The third-order valence-corrected chi connectivity index (χ3v) is 2.35. The number of hydrogen-bond acceptors (Lipinski definition) is 1. The largest absolute Gasteiger partial charge is 0.295 e. The maximum absolute atomic E-state index is 10.5. The predicted octanol–water partition coefficient (Wildman–Crippen LogP) is 4.62. The molecule has 0 heterocycles. The van der Waals surface area contributed by atoms with Crippen LogP contribution in [0.4, 0.5) is 0 Å². The Hall–Kier alpha value is -2.41. The van der Waals surface area contributed by atoms with E-state index in [1.165, 1.54) is 5.56 Å². The highest BCUT2D eigenvalue weighted by Crippen LogP contribution is 2.00. The van der Waals surface area contributed by atoms with E-state index in [-0.39, 0.29) is 5.78 Å². The molecule has 0 aliphatic carbocycles. The topological polar surface area (TPSA) is 17.1 Å². The van der Waals surface area contributed by atoms with Gasteiger partial charge in [-0.25, -0.2) is 0 Å². The average molecular weight is 250 g/mol. The second-order valence-corrected chi connectivity index (χ2v) is 3.97. The van der Waals surface area contributed by atoms with E-state index in [4.69, 9.17) is 0 Å². The number of ketones is 1. The molecule has 0 atom stereocenters. The number of allylic oxidation sites excluding steroid dienone is 1. The van der Waals surface area contributed by atoms with Gasteiger partial charge >= 0.3 is 0 Å². The highest BCUT2D eigenvalue weighted by molar-refractivity contribution is 5.91. The van der Waals surface area contributed by atoms with Crippen LogP contribution in [0.2, 0.25) is 0 Å². The number of hydrogen-bond donors (Lipinski definition) is 0. The van der Waals surface area contributed by atoms with E-state index in [1.807, 2.05) is 72.8 Å². The van der Waals surface area contributed by atoms with Crippen molar-refractivity contribution in [2.45, 2.75) is 6.92 Å². The van der Waals surface area contributed by atoms with E-state index in [2.05, 4.69) is 6.58 Å². The minimum Gasteiger partial charge on any atom is -0.295 e. The zero-order chi connectivity index (χ0) is 13.9. The Balaban J connectivity index is 0.000000200. The minimum absolute atomic E-state index is 0.0776. The van der Waals surface area contributed by atoms with Crippen molar-refractivity contribution in [1.82, 2.24) is 0 Å². The van der Waals surface area contributed by atoms with Gasteiger partial charge in [-0.1, -0.05) is 79.4 Å². The molecule has 2 rings (SSSR count). The van der Waals surface area contributed by atoms with Gasteiger partial charge in [0.1, 0.15) is 0 Å². The summed E-state index contributed by atoms with van der Waals surface area (Å²) in [6.07, 6.45) is 5.21. The molecule has 0 spiro atoms. The van der Waals surface area contributed by atoms with Gasteiger partial charge in [-0.3, -0.25) is 4.79 Å². The van der Waals surface area contributed by atoms with Crippen molar-refractivity contribution in [3.05, 3.63) is 84.4 Å². The fourth-order valence-corrected chi connectivity index (χ4v) is 1.37. The molecule has 0 radical (unpaired) electrons. The molecule has 0 saturated heterocycles. The summed E-state index contributed by atoms with van der Waals surface area (Å²) in [5, 5.41) is 0. The van der Waals surface area contributed by atoms with Crippen LogP contribution >= 0.6 is 0 Å². The third-order valence-electron chi connectivity index (χ3n) is 2.35. The van der Waals surface area contributed by atoms with Crippen LogP contribution in [0.3, 0.4) is 0 Å². The summed E-state index contributed by atoms with van der Waals surface area (Å²) in [5.41, 5.74) is 2.23. The van der Waals surface area contributed by atoms with Gasteiger partial charge in [-0.2, -0.15) is 0 Å². The molecule has 0 aliphatic heterocycles. The Bertz CT molecular complexity index is 524. The summed E-state index contributed by atoms with van der Waals surface area (Å²) in [4.78, 5) is 10.5. The molecule has 0 fully saturated rings. The SMILES string of the molecule is C=Cc1ccccc1.CC(=O)C=Cc1ccccc1. The summed E-state index contributed by atoms with van der Waals surface area (Å²) in [7, 11) is 0. The lowest BCUT2D eigenvalue weighted by molar-refractivity contribution is -0.112. The lowest BCUT2D eigenvalue weighted by Crippen LogP contribution is -1.79. The fraction of sp³-hybridized carbons (Fsp3) is 0.0556. The van der Waals surface area contributed by atoms with E-state index in [1.54, 1.807) is 13.0 Å². The summed E-state index contributed by atoms with van der Waals surface area (Å²) in [5.74, 6) is 0.0776. The van der Waals surface area contributed by atoms with Gasteiger partial charge in [0.2, 0.25) is 0 Å². The van der Waals surface area contributed by atoms with Crippen molar-refractivity contribution < 1.29 is 4.79 Å². The molecule has 1 heteroatoms. The Labute approximate surface area is 114 Å². The van der Waals surface area contributed by atoms with Gasteiger partial charge in [0, 0.05) is 0 Å². The number of carbonyl (C=O) groups is 1. The van der Waals surface area contributed by atoms with E-state index in [9.17, 15) is 4.79 Å². The molecule has 0 aromatic heterocycles. The molecule has 2 aromatic rings. The van der Waals surface area contributed by atoms with Crippen LogP contribution in [0.5, 0.6) is 0 Å². The first-order valence-electron chi connectivity index (χ1n) is 6.13. The summed E-state index contributed by atoms with van der Waals surface area (Å²) < 4.78 is 0. The molecular formula is C18H18O. The first-order chi connectivity index (χ1) is 9.22. The average Bonchev–Trinajstić information content (AvgIpc) is 2.48. The molecule has 0 aliphatic rings. The standard InChI is InChI=1S/C10H10O.C8H8/c1-9(11)7-8-10-5-3-2-4-6-10;1-2-8-6-4-3-5-7-8/h2-8H,1H3;2-7H,1H2. The highest BCUT2D eigenvalue weighted by atomic mass is 16.1. The van der Waals surface area contributed by atoms with Gasteiger partial charge < -0.3 is 0 Å². The van der Waals surface area contributed by atoms with Crippen LogP contribution < -0.4 is 0 Å². The summed E-state index contributed by atoms with van der Waals surface area (Å²) in [6.45, 7) is 5.17. The van der Waals surface area contributed by atoms with Crippen LogP contribution in [-0.4, -0.2) is 5.78 Å². The zero-order valence-corrected chi connectivity index (χ0v) is 11.1. The summed E-state index contributed by atoms with van der Waals surface area (Å²) >= 11 is 0. The predicted molar refractivity (Wildman–Crippen MR) is 82.7 cm³/mol. The highest BCUT2D eigenvalue weighted by Gasteiger charge is 1.83. The fourth-order valence-electron chi connectivity index (χ4n) is 1.37. The van der Waals surface area contributed by atoms with Crippen molar-refractivity contribution >= 4 is 17.9 Å². The van der Waals surface area contributed by atoms with Gasteiger partial charge in [-0.15, -0.1) is 0 Å². The second kappa shape index (κ2) is 8.65. The Kier molecular flexibility index (Phi) is 6.67. The number of carbonyl (C=O) groups excluding carboxylic acids is 1. The lowest BCUT2D eigenvalue weighted by atomic mass is 10.2. The Morgan fingerprint density at radius 2 is 1.37 bits per heavy atom. The lowest BCUT2D eigenvalue weighted by Gasteiger charge is -1.88. The monoisotopic (exact) mass is 250 g/mol. The molecule has 0 unspecified atom stereocenters. The van der Waals surface area contributed by atoms with Gasteiger partial charge in [0.15, 0.2) is 5.78 Å². The van der Waals surface area contributed by atoms with Crippen LogP contribution in [-0.2, 0) is 4.79 Å². The molecule has 0 saturated carbocycles. The Morgan fingerprint density at radius 3 is 1.74 bits per heavy atom. The van der Waals surface area contributed by atoms with E-state index in [0.29, 0.717) is 0 Å². The van der Waals surface area contributed by atoms with Crippen LogP contribution in [0.15, 0.2) is 73.3 Å². The molecule has 1 nitrogen and oxygen atoms in total. The number of rotatable bonds is 3. The molecule has 0 amide bonds. The van der Waals surface area contributed by atoms with Crippen LogP contribution in [0.1, 0.15) is 18.1 Å². The van der Waals surface area contributed by atoms with Crippen LogP contribution in [0.25, 0.3) is 12.2 Å². The molecular weight excluding hydrogens is 232 g/mol. The van der Waals surface area contributed by atoms with Gasteiger partial charge in [0.05, 0.1) is 0 Å². The normalized spacial score (nSPS) is 9.53. The van der Waals surface area contributed by atoms with Crippen molar-refractivity contribution in [3.63, 3.8) is 0 Å². The number of benzene rings is 2. The molecule has 0 N–H and O–H groups in total. The zero-order valence-electron chi connectivity index (χ0n) is 11.1. The van der Waals surface area contributed by atoms with E-state index < -0.39 is 0 Å². The van der Waals surface area contributed by atoms with Gasteiger partial charge in [0.25, 0.3) is 0 Å².